The maximum Gasteiger partial charge on any atom is 0.146 e. The summed E-state index contributed by atoms with van der Waals surface area (Å²) in [7, 11) is 0. The highest BCUT2D eigenvalue weighted by molar-refractivity contribution is 9.08. The summed E-state index contributed by atoms with van der Waals surface area (Å²) in [5.74, 6) is 1.28. The predicted octanol–water partition coefficient (Wildman–Crippen LogP) is 4.20. The zero-order chi connectivity index (χ0) is 12.4. The number of rotatable bonds is 2. The van der Waals surface area contributed by atoms with Gasteiger partial charge in [-0.25, -0.2) is 4.39 Å². The molecule has 2 unspecified atom stereocenters. The molecule has 0 spiro atoms. The van der Waals surface area contributed by atoms with E-state index < -0.39 is 0 Å². The van der Waals surface area contributed by atoms with Crippen LogP contribution < -0.4 is 4.90 Å². The molecule has 1 aliphatic rings. The van der Waals surface area contributed by atoms with E-state index in [1.54, 1.807) is 12.1 Å². The van der Waals surface area contributed by atoms with Gasteiger partial charge in [0, 0.05) is 18.4 Å². The first kappa shape index (κ1) is 12.9. The normalized spacial score (nSPS) is 25.1. The lowest BCUT2D eigenvalue weighted by atomic mass is 9.88. The number of halogens is 2. The number of anilines is 1. The van der Waals surface area contributed by atoms with E-state index in [2.05, 4.69) is 34.7 Å². The first-order chi connectivity index (χ1) is 8.13. The standard InChI is InChI=1S/C14H19BrFN/c1-10-6-7-17(9-11(10)2)14-12(8-15)4-3-5-13(14)16/h3-5,10-11H,6-9H2,1-2H3. The summed E-state index contributed by atoms with van der Waals surface area (Å²) in [6.07, 6.45) is 1.15. The lowest BCUT2D eigenvalue weighted by Gasteiger charge is -2.37. The molecule has 1 aromatic carbocycles. The Bertz CT molecular complexity index is 394. The molecule has 1 heterocycles. The van der Waals surface area contributed by atoms with E-state index in [1.807, 2.05) is 6.07 Å². The van der Waals surface area contributed by atoms with Crippen LogP contribution in [0.15, 0.2) is 18.2 Å². The Morgan fingerprint density at radius 3 is 2.76 bits per heavy atom. The highest BCUT2D eigenvalue weighted by Crippen LogP contribution is 2.32. The predicted molar refractivity (Wildman–Crippen MR) is 74.2 cm³/mol. The lowest BCUT2D eigenvalue weighted by molar-refractivity contribution is 0.322. The van der Waals surface area contributed by atoms with Crippen molar-refractivity contribution in [3.8, 4) is 0 Å². The van der Waals surface area contributed by atoms with Crippen LogP contribution in [0, 0.1) is 17.7 Å². The molecule has 94 valence electrons. The molecule has 0 aromatic heterocycles. The molecule has 0 radical (unpaired) electrons. The van der Waals surface area contributed by atoms with E-state index in [1.165, 1.54) is 0 Å². The van der Waals surface area contributed by atoms with Gasteiger partial charge in [0.1, 0.15) is 5.82 Å². The molecular formula is C14H19BrFN. The van der Waals surface area contributed by atoms with E-state index in [0.717, 1.165) is 36.7 Å². The smallest absolute Gasteiger partial charge is 0.146 e. The van der Waals surface area contributed by atoms with Crippen LogP contribution in [0.5, 0.6) is 0 Å². The molecule has 0 bridgehead atoms. The van der Waals surface area contributed by atoms with E-state index in [0.29, 0.717) is 11.2 Å². The number of hydrogen-bond acceptors (Lipinski definition) is 1. The van der Waals surface area contributed by atoms with Gasteiger partial charge in [0.2, 0.25) is 0 Å². The van der Waals surface area contributed by atoms with Crippen molar-refractivity contribution in [2.75, 3.05) is 18.0 Å². The van der Waals surface area contributed by atoms with Gasteiger partial charge in [0.05, 0.1) is 5.69 Å². The van der Waals surface area contributed by atoms with Crippen molar-refractivity contribution in [2.45, 2.75) is 25.6 Å². The number of hydrogen-bond donors (Lipinski definition) is 0. The summed E-state index contributed by atoms with van der Waals surface area (Å²) in [6.45, 7) is 6.47. The molecule has 0 amide bonds. The first-order valence-corrected chi connectivity index (χ1v) is 7.34. The van der Waals surface area contributed by atoms with Crippen LogP contribution in [-0.2, 0) is 5.33 Å². The molecule has 0 saturated carbocycles. The molecule has 3 heteroatoms. The fourth-order valence-corrected chi connectivity index (χ4v) is 2.94. The van der Waals surface area contributed by atoms with Gasteiger partial charge in [-0.15, -0.1) is 0 Å². The highest BCUT2D eigenvalue weighted by Gasteiger charge is 2.25. The van der Waals surface area contributed by atoms with Gasteiger partial charge < -0.3 is 4.90 Å². The SMILES string of the molecule is CC1CCN(c2c(F)cccc2CBr)CC1C. The van der Waals surface area contributed by atoms with Gasteiger partial charge in [0.15, 0.2) is 0 Å². The third-order valence-electron chi connectivity index (χ3n) is 3.86. The zero-order valence-corrected chi connectivity index (χ0v) is 12.0. The van der Waals surface area contributed by atoms with E-state index in [-0.39, 0.29) is 5.82 Å². The zero-order valence-electron chi connectivity index (χ0n) is 10.4. The van der Waals surface area contributed by atoms with E-state index in [4.69, 9.17) is 0 Å². The van der Waals surface area contributed by atoms with Gasteiger partial charge in [-0.3, -0.25) is 0 Å². The molecule has 1 nitrogen and oxygen atoms in total. The van der Waals surface area contributed by atoms with Crippen LogP contribution >= 0.6 is 15.9 Å². The summed E-state index contributed by atoms with van der Waals surface area (Å²) < 4.78 is 14.0. The molecule has 1 aromatic rings. The second-order valence-corrected chi connectivity index (χ2v) is 5.63. The average Bonchev–Trinajstić information content (AvgIpc) is 2.32. The van der Waals surface area contributed by atoms with Crippen molar-refractivity contribution in [2.24, 2.45) is 11.8 Å². The van der Waals surface area contributed by atoms with Gasteiger partial charge in [-0.1, -0.05) is 41.9 Å². The molecule has 17 heavy (non-hydrogen) atoms. The Balaban J connectivity index is 2.28. The van der Waals surface area contributed by atoms with Gasteiger partial charge in [-0.2, -0.15) is 0 Å². The maximum atomic E-state index is 14.0. The Morgan fingerprint density at radius 1 is 1.35 bits per heavy atom. The molecule has 0 N–H and O–H groups in total. The number of nitrogens with zero attached hydrogens (tertiary/aromatic N) is 1. The second kappa shape index (κ2) is 5.38. The van der Waals surface area contributed by atoms with Crippen LogP contribution in [0.4, 0.5) is 10.1 Å². The Kier molecular flexibility index (Phi) is 4.08. The average molecular weight is 300 g/mol. The molecular weight excluding hydrogens is 281 g/mol. The summed E-state index contributed by atoms with van der Waals surface area (Å²) in [4.78, 5) is 2.20. The number of para-hydroxylation sites is 1. The number of benzene rings is 1. The molecule has 2 rings (SSSR count). The third-order valence-corrected chi connectivity index (χ3v) is 4.47. The Morgan fingerprint density at radius 2 is 2.12 bits per heavy atom. The summed E-state index contributed by atoms with van der Waals surface area (Å²) >= 11 is 3.44. The van der Waals surface area contributed by atoms with Crippen LogP contribution in [0.2, 0.25) is 0 Å². The number of piperidine rings is 1. The maximum absolute atomic E-state index is 14.0. The van der Waals surface area contributed by atoms with Crippen LogP contribution in [0.3, 0.4) is 0 Å². The number of alkyl halides is 1. The Hall–Kier alpha value is -0.570. The molecule has 0 aliphatic carbocycles. The molecule has 1 aliphatic heterocycles. The van der Waals surface area contributed by atoms with Crippen molar-refractivity contribution in [1.29, 1.82) is 0 Å². The molecule has 1 saturated heterocycles. The summed E-state index contributed by atoms with van der Waals surface area (Å²) in [5, 5.41) is 0.709. The lowest BCUT2D eigenvalue weighted by Crippen LogP contribution is -2.39. The third kappa shape index (κ3) is 2.65. The minimum absolute atomic E-state index is 0.0938. The minimum atomic E-state index is -0.0938. The van der Waals surface area contributed by atoms with Crippen molar-refractivity contribution in [3.63, 3.8) is 0 Å². The van der Waals surface area contributed by atoms with E-state index in [9.17, 15) is 4.39 Å². The second-order valence-electron chi connectivity index (χ2n) is 5.07. The quantitative estimate of drug-likeness (QED) is 0.740. The first-order valence-electron chi connectivity index (χ1n) is 6.21. The fraction of sp³-hybridized carbons (Fsp3) is 0.571. The Labute approximate surface area is 111 Å². The highest BCUT2D eigenvalue weighted by atomic mass is 79.9. The monoisotopic (exact) mass is 299 g/mol. The fourth-order valence-electron chi connectivity index (χ4n) is 2.49. The van der Waals surface area contributed by atoms with Crippen LogP contribution in [0.1, 0.15) is 25.8 Å². The van der Waals surface area contributed by atoms with Crippen molar-refractivity contribution in [1.82, 2.24) is 0 Å². The van der Waals surface area contributed by atoms with Crippen molar-refractivity contribution < 1.29 is 4.39 Å². The van der Waals surface area contributed by atoms with Gasteiger partial charge in [-0.05, 0) is 29.9 Å². The largest absolute Gasteiger partial charge is 0.369 e. The molecule has 1 fully saturated rings. The summed E-state index contributed by atoms with van der Waals surface area (Å²) in [5.41, 5.74) is 1.84. The van der Waals surface area contributed by atoms with E-state index >= 15 is 0 Å². The van der Waals surface area contributed by atoms with Crippen molar-refractivity contribution in [3.05, 3.63) is 29.6 Å². The van der Waals surface area contributed by atoms with Gasteiger partial charge in [0.25, 0.3) is 0 Å². The minimum Gasteiger partial charge on any atom is -0.369 e. The van der Waals surface area contributed by atoms with Crippen LogP contribution in [-0.4, -0.2) is 13.1 Å². The van der Waals surface area contributed by atoms with Crippen molar-refractivity contribution >= 4 is 21.6 Å². The van der Waals surface area contributed by atoms with Gasteiger partial charge >= 0.3 is 0 Å². The summed E-state index contributed by atoms with van der Waals surface area (Å²) in [6, 6.07) is 5.34. The molecule has 2 atom stereocenters. The topological polar surface area (TPSA) is 3.24 Å². The van der Waals surface area contributed by atoms with Crippen LogP contribution in [0.25, 0.3) is 0 Å².